The summed E-state index contributed by atoms with van der Waals surface area (Å²) >= 11 is 6.17. The normalized spacial score (nSPS) is 12.8. The first-order valence-corrected chi connectivity index (χ1v) is 6.99. The van der Waals surface area contributed by atoms with Gasteiger partial charge in [0, 0.05) is 6.07 Å². The lowest BCUT2D eigenvalue weighted by atomic mass is 10.2. The molecule has 0 N–H and O–H groups in total. The predicted octanol–water partition coefficient (Wildman–Crippen LogP) is 4.91. The Morgan fingerprint density at radius 1 is 1.14 bits per heavy atom. The van der Waals surface area contributed by atoms with Gasteiger partial charge in [-0.05, 0) is 43.7 Å². The van der Waals surface area contributed by atoms with E-state index in [9.17, 15) is 8.78 Å². The topological polar surface area (TPSA) is 17.8 Å². The number of aryl methyl sites for hydroxylation is 1. The lowest BCUT2D eigenvalue weighted by molar-refractivity contribution is 0.617. The van der Waals surface area contributed by atoms with Gasteiger partial charge in [-0.3, -0.25) is 4.57 Å². The van der Waals surface area contributed by atoms with Crippen molar-refractivity contribution in [3.63, 3.8) is 0 Å². The molecule has 0 aliphatic carbocycles. The van der Waals surface area contributed by atoms with E-state index in [1.165, 1.54) is 18.2 Å². The minimum atomic E-state index is -0.384. The second-order valence-corrected chi connectivity index (χ2v) is 5.64. The number of halogens is 3. The molecule has 21 heavy (non-hydrogen) atoms. The summed E-state index contributed by atoms with van der Waals surface area (Å²) in [5.41, 5.74) is 2.32. The van der Waals surface area contributed by atoms with Gasteiger partial charge >= 0.3 is 0 Å². The molecule has 0 fully saturated rings. The van der Waals surface area contributed by atoms with E-state index in [1.54, 1.807) is 36.6 Å². The molecule has 0 radical (unpaired) electrons. The van der Waals surface area contributed by atoms with Crippen LogP contribution in [0.25, 0.3) is 16.7 Å². The first kappa shape index (κ1) is 14.0. The van der Waals surface area contributed by atoms with Crippen molar-refractivity contribution in [3.05, 3.63) is 59.4 Å². The standard InChI is InChI=1S/C16H13ClF2N2/c1-9-3-5-12(8-13(9)19)21-15-7-11(18)4-6-14(15)20-16(21)10(2)17/h3-8,10H,1-2H3. The fraction of sp³-hybridized carbons (Fsp3) is 0.188. The van der Waals surface area contributed by atoms with Crippen LogP contribution in [0.1, 0.15) is 23.7 Å². The van der Waals surface area contributed by atoms with Gasteiger partial charge in [0.1, 0.15) is 17.5 Å². The fourth-order valence-electron chi connectivity index (χ4n) is 2.33. The maximum absolute atomic E-state index is 13.8. The van der Waals surface area contributed by atoms with Gasteiger partial charge in [0.05, 0.1) is 22.1 Å². The van der Waals surface area contributed by atoms with Crippen LogP contribution >= 0.6 is 11.6 Å². The van der Waals surface area contributed by atoms with Crippen LogP contribution in [0.3, 0.4) is 0 Å². The Kier molecular flexibility index (Phi) is 3.41. The third-order valence-electron chi connectivity index (χ3n) is 3.41. The molecule has 2 nitrogen and oxygen atoms in total. The van der Waals surface area contributed by atoms with Crippen LogP contribution in [-0.2, 0) is 0 Å². The Balaban J connectivity index is 2.35. The zero-order valence-electron chi connectivity index (χ0n) is 11.6. The molecule has 1 atom stereocenters. The fourth-order valence-corrected chi connectivity index (χ4v) is 2.47. The van der Waals surface area contributed by atoms with Crippen molar-refractivity contribution in [3.8, 4) is 5.69 Å². The van der Waals surface area contributed by atoms with Crippen LogP contribution in [0.15, 0.2) is 36.4 Å². The third-order valence-corrected chi connectivity index (χ3v) is 3.61. The molecule has 0 aliphatic heterocycles. The molecule has 1 heterocycles. The van der Waals surface area contributed by atoms with Gasteiger partial charge in [-0.15, -0.1) is 11.6 Å². The summed E-state index contributed by atoms with van der Waals surface area (Å²) in [6.45, 7) is 3.47. The van der Waals surface area contributed by atoms with Crippen molar-refractivity contribution < 1.29 is 8.78 Å². The Labute approximate surface area is 126 Å². The van der Waals surface area contributed by atoms with Crippen molar-refractivity contribution in [2.24, 2.45) is 0 Å². The van der Waals surface area contributed by atoms with Gasteiger partial charge in [0.2, 0.25) is 0 Å². The second-order valence-electron chi connectivity index (χ2n) is 4.99. The molecule has 2 aromatic carbocycles. The number of alkyl halides is 1. The summed E-state index contributed by atoms with van der Waals surface area (Å²) in [4.78, 5) is 4.42. The van der Waals surface area contributed by atoms with Crippen molar-refractivity contribution in [2.45, 2.75) is 19.2 Å². The van der Waals surface area contributed by atoms with Gasteiger partial charge < -0.3 is 0 Å². The van der Waals surface area contributed by atoms with Crippen LogP contribution in [0, 0.1) is 18.6 Å². The first-order valence-electron chi connectivity index (χ1n) is 6.56. The average molecular weight is 307 g/mol. The van der Waals surface area contributed by atoms with E-state index in [2.05, 4.69) is 4.98 Å². The third kappa shape index (κ3) is 2.40. The maximum atomic E-state index is 13.8. The Hall–Kier alpha value is -1.94. The molecule has 0 saturated carbocycles. The van der Waals surface area contributed by atoms with E-state index in [0.29, 0.717) is 28.1 Å². The lowest BCUT2D eigenvalue weighted by Gasteiger charge is -2.11. The van der Waals surface area contributed by atoms with E-state index >= 15 is 0 Å². The predicted molar refractivity (Wildman–Crippen MR) is 80.0 cm³/mol. The van der Waals surface area contributed by atoms with Crippen LogP contribution in [0.2, 0.25) is 0 Å². The summed E-state index contributed by atoms with van der Waals surface area (Å²) < 4.78 is 29.1. The molecule has 108 valence electrons. The zero-order valence-corrected chi connectivity index (χ0v) is 12.3. The highest BCUT2D eigenvalue weighted by Crippen LogP contribution is 2.29. The van der Waals surface area contributed by atoms with Crippen molar-refractivity contribution in [2.75, 3.05) is 0 Å². The van der Waals surface area contributed by atoms with Gasteiger partial charge in [-0.1, -0.05) is 6.07 Å². The number of nitrogens with zero attached hydrogens (tertiary/aromatic N) is 2. The highest BCUT2D eigenvalue weighted by molar-refractivity contribution is 6.20. The van der Waals surface area contributed by atoms with Crippen molar-refractivity contribution in [1.82, 2.24) is 9.55 Å². The van der Waals surface area contributed by atoms with E-state index in [0.717, 1.165) is 0 Å². The second kappa shape index (κ2) is 5.11. The molecule has 1 aromatic heterocycles. The highest BCUT2D eigenvalue weighted by Gasteiger charge is 2.17. The summed E-state index contributed by atoms with van der Waals surface area (Å²) in [7, 11) is 0. The van der Waals surface area contributed by atoms with Crippen molar-refractivity contribution in [1.29, 1.82) is 0 Å². The first-order chi connectivity index (χ1) is 9.97. The molecule has 0 saturated heterocycles. The number of aromatic nitrogens is 2. The van der Waals surface area contributed by atoms with Gasteiger partial charge in [0.15, 0.2) is 0 Å². The van der Waals surface area contributed by atoms with Gasteiger partial charge in [0.25, 0.3) is 0 Å². The summed E-state index contributed by atoms with van der Waals surface area (Å²) in [6.07, 6.45) is 0. The summed E-state index contributed by atoms with van der Waals surface area (Å²) in [6, 6.07) is 9.17. The molecule has 0 bridgehead atoms. The molecule has 5 heteroatoms. The quantitative estimate of drug-likeness (QED) is 0.615. The summed E-state index contributed by atoms with van der Waals surface area (Å²) in [5, 5.41) is -0.384. The number of fused-ring (bicyclic) bond motifs is 1. The molecular weight excluding hydrogens is 294 g/mol. The van der Waals surface area contributed by atoms with E-state index in [-0.39, 0.29) is 17.0 Å². The Morgan fingerprint density at radius 2 is 1.90 bits per heavy atom. The average Bonchev–Trinajstić information content (AvgIpc) is 2.80. The van der Waals surface area contributed by atoms with Crippen molar-refractivity contribution >= 4 is 22.6 Å². The van der Waals surface area contributed by atoms with E-state index in [1.807, 2.05) is 0 Å². The van der Waals surface area contributed by atoms with Gasteiger partial charge in [-0.25, -0.2) is 13.8 Å². The number of rotatable bonds is 2. The van der Waals surface area contributed by atoms with Crippen LogP contribution < -0.4 is 0 Å². The largest absolute Gasteiger partial charge is 0.295 e. The Morgan fingerprint density at radius 3 is 2.57 bits per heavy atom. The molecule has 3 rings (SSSR count). The molecule has 0 spiro atoms. The van der Waals surface area contributed by atoms with Crippen LogP contribution in [0.5, 0.6) is 0 Å². The number of hydrogen-bond donors (Lipinski definition) is 0. The summed E-state index contributed by atoms with van der Waals surface area (Å²) in [5.74, 6) is -0.135. The molecule has 3 aromatic rings. The van der Waals surface area contributed by atoms with Gasteiger partial charge in [-0.2, -0.15) is 0 Å². The van der Waals surface area contributed by atoms with Crippen LogP contribution in [0.4, 0.5) is 8.78 Å². The smallest absolute Gasteiger partial charge is 0.132 e. The SMILES string of the molecule is Cc1ccc(-n2c(C(C)Cl)nc3ccc(F)cc32)cc1F. The number of imidazole rings is 1. The molecular formula is C16H13ClF2N2. The zero-order chi connectivity index (χ0) is 15.1. The number of benzene rings is 2. The minimum absolute atomic E-state index is 0.320. The number of hydrogen-bond acceptors (Lipinski definition) is 1. The molecule has 0 amide bonds. The van der Waals surface area contributed by atoms with E-state index in [4.69, 9.17) is 11.6 Å². The lowest BCUT2D eigenvalue weighted by Crippen LogP contribution is -2.03. The Bertz CT molecular complexity index is 825. The molecule has 0 aliphatic rings. The molecule has 1 unspecified atom stereocenters. The highest BCUT2D eigenvalue weighted by atomic mass is 35.5. The van der Waals surface area contributed by atoms with Crippen LogP contribution in [-0.4, -0.2) is 9.55 Å². The minimum Gasteiger partial charge on any atom is -0.295 e. The maximum Gasteiger partial charge on any atom is 0.132 e. The van der Waals surface area contributed by atoms with E-state index < -0.39 is 0 Å². The monoisotopic (exact) mass is 306 g/mol.